The van der Waals surface area contributed by atoms with E-state index in [0.717, 1.165) is 24.1 Å². The molecular formula is C20H23NO3. The average Bonchev–Trinajstić information content (AvgIpc) is 2.62. The first-order valence-electron chi connectivity index (χ1n) is 8.18. The van der Waals surface area contributed by atoms with Crippen molar-refractivity contribution in [2.75, 3.05) is 20.8 Å². The lowest BCUT2D eigenvalue weighted by Crippen LogP contribution is -2.37. The van der Waals surface area contributed by atoms with E-state index < -0.39 is 0 Å². The Morgan fingerprint density at radius 2 is 1.75 bits per heavy atom. The van der Waals surface area contributed by atoms with Crippen LogP contribution < -0.4 is 9.47 Å². The molecule has 4 heteroatoms. The maximum absolute atomic E-state index is 12.7. The van der Waals surface area contributed by atoms with Gasteiger partial charge in [0.15, 0.2) is 11.5 Å². The molecule has 3 rings (SSSR count). The molecule has 0 bridgehead atoms. The minimum atomic E-state index is 0.153. The van der Waals surface area contributed by atoms with Crippen molar-refractivity contribution in [3.05, 3.63) is 58.7 Å². The lowest BCUT2D eigenvalue weighted by molar-refractivity contribution is -0.131. The molecule has 1 heterocycles. The van der Waals surface area contributed by atoms with Crippen LogP contribution in [0.5, 0.6) is 11.5 Å². The molecule has 1 aliphatic heterocycles. The van der Waals surface area contributed by atoms with Gasteiger partial charge in [-0.05, 0) is 47.7 Å². The number of rotatable bonds is 4. The van der Waals surface area contributed by atoms with E-state index in [1.165, 1.54) is 11.1 Å². The van der Waals surface area contributed by atoms with E-state index in [4.69, 9.17) is 9.47 Å². The van der Waals surface area contributed by atoms with Crippen LogP contribution >= 0.6 is 0 Å². The number of carbonyl (C=O) groups is 1. The highest BCUT2D eigenvalue weighted by atomic mass is 16.5. The normalized spacial score (nSPS) is 13.4. The van der Waals surface area contributed by atoms with Crippen LogP contribution in [-0.2, 0) is 24.2 Å². The number of hydrogen-bond donors (Lipinski definition) is 0. The van der Waals surface area contributed by atoms with Gasteiger partial charge in [0.2, 0.25) is 5.91 Å². The number of amides is 1. The van der Waals surface area contributed by atoms with Gasteiger partial charge in [-0.1, -0.05) is 24.3 Å². The zero-order valence-electron chi connectivity index (χ0n) is 14.5. The van der Waals surface area contributed by atoms with Crippen LogP contribution in [0.4, 0.5) is 0 Å². The molecule has 1 amide bonds. The summed E-state index contributed by atoms with van der Waals surface area (Å²) in [7, 11) is 3.23. The number of fused-ring (bicyclic) bond motifs is 1. The second kappa shape index (κ2) is 6.95. The summed E-state index contributed by atoms with van der Waals surface area (Å²) < 4.78 is 10.7. The Bertz CT molecular complexity index is 755. The molecule has 0 saturated carbocycles. The summed E-state index contributed by atoms with van der Waals surface area (Å²) in [5.41, 5.74) is 4.62. The quantitative estimate of drug-likeness (QED) is 0.867. The Labute approximate surface area is 143 Å². The number of hydrogen-bond acceptors (Lipinski definition) is 3. The van der Waals surface area contributed by atoms with Crippen LogP contribution in [0.3, 0.4) is 0 Å². The highest BCUT2D eigenvalue weighted by Crippen LogP contribution is 2.31. The first kappa shape index (κ1) is 16.4. The summed E-state index contributed by atoms with van der Waals surface area (Å²) in [6.45, 7) is 3.47. The molecule has 4 nitrogen and oxygen atoms in total. The first-order valence-corrected chi connectivity index (χ1v) is 8.18. The lowest BCUT2D eigenvalue weighted by Gasteiger charge is -2.29. The molecule has 1 aliphatic rings. The number of nitrogens with zero attached hydrogens (tertiary/aromatic N) is 1. The Hall–Kier alpha value is -2.49. The fourth-order valence-corrected chi connectivity index (χ4v) is 3.20. The molecule has 0 spiro atoms. The van der Waals surface area contributed by atoms with Crippen LogP contribution in [0.25, 0.3) is 0 Å². The van der Waals surface area contributed by atoms with E-state index >= 15 is 0 Å². The fraction of sp³-hybridized carbons (Fsp3) is 0.350. The van der Waals surface area contributed by atoms with Crippen molar-refractivity contribution in [3.8, 4) is 11.5 Å². The van der Waals surface area contributed by atoms with Gasteiger partial charge < -0.3 is 14.4 Å². The molecule has 0 fully saturated rings. The van der Waals surface area contributed by atoms with Crippen molar-refractivity contribution in [3.63, 3.8) is 0 Å². The van der Waals surface area contributed by atoms with E-state index in [1.807, 2.05) is 30.0 Å². The van der Waals surface area contributed by atoms with E-state index in [9.17, 15) is 4.79 Å². The van der Waals surface area contributed by atoms with Crippen molar-refractivity contribution >= 4 is 5.91 Å². The molecule has 0 unspecified atom stereocenters. The van der Waals surface area contributed by atoms with Gasteiger partial charge in [-0.3, -0.25) is 4.79 Å². The minimum Gasteiger partial charge on any atom is -0.493 e. The van der Waals surface area contributed by atoms with Crippen LogP contribution in [-0.4, -0.2) is 31.6 Å². The van der Waals surface area contributed by atoms with E-state index in [2.05, 4.69) is 18.2 Å². The summed E-state index contributed by atoms with van der Waals surface area (Å²) in [6, 6.07) is 12.2. The summed E-state index contributed by atoms with van der Waals surface area (Å²) in [4.78, 5) is 14.7. The zero-order valence-corrected chi connectivity index (χ0v) is 14.5. The number of benzene rings is 2. The summed E-state index contributed by atoms with van der Waals surface area (Å²) >= 11 is 0. The van der Waals surface area contributed by atoms with Gasteiger partial charge in [-0.2, -0.15) is 0 Å². The molecule has 0 aromatic heterocycles. The minimum absolute atomic E-state index is 0.153. The van der Waals surface area contributed by atoms with Gasteiger partial charge in [0.05, 0.1) is 20.6 Å². The Morgan fingerprint density at radius 1 is 1.08 bits per heavy atom. The van der Waals surface area contributed by atoms with Crippen molar-refractivity contribution in [2.45, 2.75) is 26.3 Å². The highest BCUT2D eigenvalue weighted by molar-refractivity contribution is 5.79. The topological polar surface area (TPSA) is 38.8 Å². The number of ether oxygens (including phenoxy) is 2. The number of aryl methyl sites for hydroxylation is 1. The standard InChI is InChI=1S/C20H23NO3/c1-14-10-18(23-2)19(24-3)11-17(14)12-20(22)21-9-8-15-6-4-5-7-16(15)13-21/h4-7,10-11H,8-9,12-13H2,1-3H3. The van der Waals surface area contributed by atoms with Crippen LogP contribution in [0.15, 0.2) is 36.4 Å². The monoisotopic (exact) mass is 325 g/mol. The molecular weight excluding hydrogens is 302 g/mol. The largest absolute Gasteiger partial charge is 0.493 e. The van der Waals surface area contributed by atoms with E-state index in [0.29, 0.717) is 24.5 Å². The Balaban J connectivity index is 1.76. The van der Waals surface area contributed by atoms with Gasteiger partial charge in [0, 0.05) is 13.1 Å². The van der Waals surface area contributed by atoms with Crippen molar-refractivity contribution in [1.82, 2.24) is 4.90 Å². The predicted molar refractivity (Wildman–Crippen MR) is 93.6 cm³/mol. The molecule has 0 atom stereocenters. The highest BCUT2D eigenvalue weighted by Gasteiger charge is 2.21. The number of carbonyl (C=O) groups excluding carboxylic acids is 1. The second-order valence-electron chi connectivity index (χ2n) is 6.14. The Kier molecular flexibility index (Phi) is 4.74. The van der Waals surface area contributed by atoms with Crippen LogP contribution in [0.1, 0.15) is 22.3 Å². The van der Waals surface area contributed by atoms with Gasteiger partial charge in [-0.25, -0.2) is 0 Å². The van der Waals surface area contributed by atoms with Crippen molar-refractivity contribution in [1.29, 1.82) is 0 Å². The van der Waals surface area contributed by atoms with Gasteiger partial charge in [-0.15, -0.1) is 0 Å². The molecule has 0 radical (unpaired) electrons. The molecule has 2 aromatic rings. The SMILES string of the molecule is COc1cc(C)c(CC(=O)N2CCc3ccccc3C2)cc1OC. The fourth-order valence-electron chi connectivity index (χ4n) is 3.20. The third-order valence-corrected chi connectivity index (χ3v) is 4.67. The van der Waals surface area contributed by atoms with Gasteiger partial charge in [0.25, 0.3) is 0 Å². The molecule has 0 N–H and O–H groups in total. The third kappa shape index (κ3) is 3.23. The molecule has 0 saturated heterocycles. The maximum atomic E-state index is 12.7. The van der Waals surface area contributed by atoms with Crippen molar-refractivity contribution in [2.24, 2.45) is 0 Å². The zero-order chi connectivity index (χ0) is 17.1. The van der Waals surface area contributed by atoms with Gasteiger partial charge >= 0.3 is 0 Å². The van der Waals surface area contributed by atoms with E-state index in [1.54, 1.807) is 14.2 Å². The number of methoxy groups -OCH3 is 2. The summed E-state index contributed by atoms with van der Waals surface area (Å²) in [6.07, 6.45) is 1.31. The van der Waals surface area contributed by atoms with Crippen molar-refractivity contribution < 1.29 is 14.3 Å². The van der Waals surface area contributed by atoms with Crippen LogP contribution in [0.2, 0.25) is 0 Å². The Morgan fingerprint density at radius 3 is 2.46 bits per heavy atom. The summed E-state index contributed by atoms with van der Waals surface area (Å²) in [5, 5.41) is 0. The molecule has 0 aliphatic carbocycles. The molecule has 24 heavy (non-hydrogen) atoms. The smallest absolute Gasteiger partial charge is 0.227 e. The second-order valence-corrected chi connectivity index (χ2v) is 6.14. The molecule has 2 aromatic carbocycles. The van der Waals surface area contributed by atoms with Crippen LogP contribution in [0, 0.1) is 6.92 Å². The van der Waals surface area contributed by atoms with Gasteiger partial charge in [0.1, 0.15) is 0 Å². The first-order chi connectivity index (χ1) is 11.6. The summed E-state index contributed by atoms with van der Waals surface area (Å²) in [5.74, 6) is 1.51. The lowest BCUT2D eigenvalue weighted by atomic mass is 9.98. The average molecular weight is 325 g/mol. The molecule has 126 valence electrons. The maximum Gasteiger partial charge on any atom is 0.227 e. The van der Waals surface area contributed by atoms with E-state index in [-0.39, 0.29) is 5.91 Å². The predicted octanol–water partition coefficient (Wildman–Crippen LogP) is 3.14. The third-order valence-electron chi connectivity index (χ3n) is 4.67.